The Hall–Kier alpha value is -1.98. The van der Waals surface area contributed by atoms with Crippen molar-refractivity contribution in [3.05, 3.63) is 30.5 Å². The van der Waals surface area contributed by atoms with Gasteiger partial charge in [-0.2, -0.15) is 9.90 Å². The number of hydrogen-bond acceptors (Lipinski definition) is 5. The first-order valence-corrected chi connectivity index (χ1v) is 4.25. The fourth-order valence-electron chi connectivity index (χ4n) is 1.09. The fraction of sp³-hybridized carbons (Fsp3) is 0.250. The number of nitrogens with zero attached hydrogens (tertiary/aromatic N) is 5. The molecule has 2 N–H and O–H groups in total. The van der Waals surface area contributed by atoms with Crippen molar-refractivity contribution in [2.45, 2.75) is 13.0 Å². The van der Waals surface area contributed by atoms with Gasteiger partial charge < -0.3 is 5.73 Å². The van der Waals surface area contributed by atoms with Crippen LogP contribution < -0.4 is 5.73 Å². The van der Waals surface area contributed by atoms with Crippen LogP contribution >= 0.6 is 0 Å². The zero-order chi connectivity index (χ0) is 9.80. The summed E-state index contributed by atoms with van der Waals surface area (Å²) in [7, 11) is 0. The first-order valence-electron chi connectivity index (χ1n) is 4.25. The van der Waals surface area contributed by atoms with E-state index in [4.69, 9.17) is 5.73 Å². The highest BCUT2D eigenvalue weighted by Crippen LogP contribution is 1.96. The van der Waals surface area contributed by atoms with Gasteiger partial charge in [0, 0.05) is 25.0 Å². The molecule has 6 nitrogen and oxygen atoms in total. The van der Waals surface area contributed by atoms with Gasteiger partial charge in [-0.05, 0) is 0 Å². The number of nitrogens with two attached hydrogens (primary N) is 1. The molecule has 0 aliphatic carbocycles. The van der Waals surface area contributed by atoms with Gasteiger partial charge in [-0.15, -0.1) is 5.10 Å². The van der Waals surface area contributed by atoms with Gasteiger partial charge in [0.25, 0.3) is 0 Å². The molecule has 0 aromatic carbocycles. The van der Waals surface area contributed by atoms with Crippen LogP contribution in [0.2, 0.25) is 0 Å². The van der Waals surface area contributed by atoms with E-state index in [0.717, 1.165) is 12.1 Å². The number of anilines is 1. The molecule has 0 amide bonds. The van der Waals surface area contributed by atoms with Gasteiger partial charge in [0.1, 0.15) is 0 Å². The van der Waals surface area contributed by atoms with E-state index in [-0.39, 0.29) is 0 Å². The standard InChI is InChI=1S/C8H10N6/c9-8-6-12-14(13-8)4-1-7-5-10-2-3-11-7/h2-3,5-6H,1,4H2,(H2,9,13). The van der Waals surface area contributed by atoms with Gasteiger partial charge in [0.2, 0.25) is 0 Å². The van der Waals surface area contributed by atoms with Crippen LogP contribution in [0.15, 0.2) is 24.8 Å². The maximum absolute atomic E-state index is 5.43. The van der Waals surface area contributed by atoms with Gasteiger partial charge in [0.15, 0.2) is 5.82 Å². The average Bonchev–Trinajstić information content (AvgIpc) is 2.63. The highest BCUT2D eigenvalue weighted by atomic mass is 15.5. The van der Waals surface area contributed by atoms with Gasteiger partial charge in [0.05, 0.1) is 18.4 Å². The molecule has 2 heterocycles. The highest BCUT2D eigenvalue weighted by Gasteiger charge is 1.98. The maximum Gasteiger partial charge on any atom is 0.165 e. The molecule has 2 rings (SSSR count). The molecule has 72 valence electrons. The first kappa shape index (κ1) is 8.61. The Bertz CT molecular complexity index is 395. The summed E-state index contributed by atoms with van der Waals surface area (Å²) in [5.74, 6) is 0.434. The van der Waals surface area contributed by atoms with Crippen LogP contribution in [0.25, 0.3) is 0 Å². The van der Waals surface area contributed by atoms with Crippen LogP contribution in [0.4, 0.5) is 5.82 Å². The molecule has 2 aromatic heterocycles. The van der Waals surface area contributed by atoms with E-state index in [1.807, 2.05) is 0 Å². The molecule has 0 bridgehead atoms. The SMILES string of the molecule is Nc1cnn(CCc2cnccn2)n1. The van der Waals surface area contributed by atoms with Crippen molar-refractivity contribution in [2.75, 3.05) is 5.73 Å². The Labute approximate surface area is 80.8 Å². The molecule has 0 aliphatic heterocycles. The molecule has 0 spiro atoms. The van der Waals surface area contributed by atoms with Crippen LogP contribution in [-0.4, -0.2) is 25.0 Å². The fourth-order valence-corrected chi connectivity index (χ4v) is 1.09. The average molecular weight is 190 g/mol. The lowest BCUT2D eigenvalue weighted by Gasteiger charge is -1.98. The molecule has 2 aromatic rings. The number of aromatic nitrogens is 5. The van der Waals surface area contributed by atoms with Crippen molar-refractivity contribution in [2.24, 2.45) is 0 Å². The largest absolute Gasteiger partial charge is 0.381 e. The van der Waals surface area contributed by atoms with Crippen molar-refractivity contribution in [1.29, 1.82) is 0 Å². The summed E-state index contributed by atoms with van der Waals surface area (Å²) in [6, 6.07) is 0. The van der Waals surface area contributed by atoms with Crippen LogP contribution in [0.1, 0.15) is 5.69 Å². The highest BCUT2D eigenvalue weighted by molar-refractivity contribution is 5.19. The molecule has 14 heavy (non-hydrogen) atoms. The summed E-state index contributed by atoms with van der Waals surface area (Å²) < 4.78 is 0. The molecule has 0 unspecified atom stereocenters. The van der Waals surface area contributed by atoms with Crippen molar-refractivity contribution >= 4 is 5.82 Å². The van der Waals surface area contributed by atoms with E-state index in [2.05, 4.69) is 20.2 Å². The predicted octanol–water partition coefficient (Wildman–Crippen LogP) is -0.107. The second-order valence-electron chi connectivity index (χ2n) is 2.81. The Morgan fingerprint density at radius 3 is 2.86 bits per heavy atom. The van der Waals surface area contributed by atoms with E-state index in [1.165, 1.54) is 6.20 Å². The van der Waals surface area contributed by atoms with E-state index in [1.54, 1.807) is 23.4 Å². The molecule has 6 heteroatoms. The third-order valence-electron chi connectivity index (χ3n) is 1.74. The summed E-state index contributed by atoms with van der Waals surface area (Å²) in [5.41, 5.74) is 6.34. The molecule has 0 aliphatic rings. The van der Waals surface area contributed by atoms with Crippen molar-refractivity contribution < 1.29 is 0 Å². The summed E-state index contributed by atoms with van der Waals surface area (Å²) >= 11 is 0. The smallest absolute Gasteiger partial charge is 0.165 e. The molecule has 0 radical (unpaired) electrons. The minimum Gasteiger partial charge on any atom is -0.381 e. The van der Waals surface area contributed by atoms with Gasteiger partial charge in [-0.25, -0.2) is 0 Å². The number of hydrogen-bond donors (Lipinski definition) is 1. The lowest BCUT2D eigenvalue weighted by molar-refractivity contribution is 0.534. The van der Waals surface area contributed by atoms with E-state index in [0.29, 0.717) is 12.4 Å². The normalized spacial score (nSPS) is 10.3. The molecule has 0 saturated heterocycles. The second kappa shape index (κ2) is 3.82. The zero-order valence-electron chi connectivity index (χ0n) is 7.54. The summed E-state index contributed by atoms with van der Waals surface area (Å²) in [6.07, 6.45) is 7.32. The van der Waals surface area contributed by atoms with E-state index in [9.17, 15) is 0 Å². The van der Waals surface area contributed by atoms with Gasteiger partial charge >= 0.3 is 0 Å². The lowest BCUT2D eigenvalue weighted by Crippen LogP contribution is -2.06. The molecular weight excluding hydrogens is 180 g/mol. The Kier molecular flexibility index (Phi) is 2.35. The Morgan fingerprint density at radius 2 is 2.21 bits per heavy atom. The van der Waals surface area contributed by atoms with Crippen molar-refractivity contribution in [1.82, 2.24) is 25.0 Å². The number of nitrogen functional groups attached to an aromatic ring is 1. The Morgan fingerprint density at radius 1 is 1.29 bits per heavy atom. The first-order chi connectivity index (χ1) is 6.84. The molecular formula is C8H10N6. The Balaban J connectivity index is 1.95. The minimum atomic E-state index is 0.434. The lowest BCUT2D eigenvalue weighted by atomic mass is 10.3. The monoisotopic (exact) mass is 190 g/mol. The third-order valence-corrected chi connectivity index (χ3v) is 1.74. The third kappa shape index (κ3) is 2.03. The minimum absolute atomic E-state index is 0.434. The zero-order valence-corrected chi connectivity index (χ0v) is 7.54. The quantitative estimate of drug-likeness (QED) is 0.730. The van der Waals surface area contributed by atoms with E-state index >= 15 is 0 Å². The summed E-state index contributed by atoms with van der Waals surface area (Å²) in [5, 5.41) is 7.92. The van der Waals surface area contributed by atoms with E-state index < -0.39 is 0 Å². The molecule has 0 atom stereocenters. The topological polar surface area (TPSA) is 82.5 Å². The molecule has 0 fully saturated rings. The van der Waals surface area contributed by atoms with Crippen LogP contribution in [0.3, 0.4) is 0 Å². The van der Waals surface area contributed by atoms with Crippen molar-refractivity contribution in [3.8, 4) is 0 Å². The van der Waals surface area contributed by atoms with Crippen LogP contribution in [-0.2, 0) is 13.0 Å². The maximum atomic E-state index is 5.43. The number of aryl methyl sites for hydroxylation is 2. The number of rotatable bonds is 3. The summed E-state index contributed by atoms with van der Waals surface area (Å²) in [6.45, 7) is 0.663. The van der Waals surface area contributed by atoms with Crippen LogP contribution in [0, 0.1) is 0 Å². The van der Waals surface area contributed by atoms with Crippen LogP contribution in [0.5, 0.6) is 0 Å². The van der Waals surface area contributed by atoms with Gasteiger partial charge in [-0.3, -0.25) is 9.97 Å². The predicted molar refractivity (Wildman–Crippen MR) is 50.2 cm³/mol. The second-order valence-corrected chi connectivity index (χ2v) is 2.81. The molecule has 0 saturated carbocycles. The summed E-state index contributed by atoms with van der Waals surface area (Å²) in [4.78, 5) is 9.65. The van der Waals surface area contributed by atoms with Gasteiger partial charge in [-0.1, -0.05) is 0 Å². The van der Waals surface area contributed by atoms with Crippen molar-refractivity contribution in [3.63, 3.8) is 0 Å².